The molecule has 0 saturated carbocycles. The van der Waals surface area contributed by atoms with Crippen LogP contribution in [0.2, 0.25) is 0 Å². The minimum absolute atomic E-state index is 0.240. The number of piperidine rings is 1. The smallest absolute Gasteiger partial charge is 0.333 e. The average Bonchev–Trinajstić information content (AvgIpc) is 2.78. The molecule has 158 valence electrons. The van der Waals surface area contributed by atoms with E-state index in [1.54, 1.807) is 29.2 Å². The highest BCUT2D eigenvalue weighted by atomic mass is 79.9. The summed E-state index contributed by atoms with van der Waals surface area (Å²) in [5.41, 5.74) is 1.34. The average molecular weight is 474 g/mol. The van der Waals surface area contributed by atoms with Crippen LogP contribution in [0.3, 0.4) is 0 Å². The van der Waals surface area contributed by atoms with Crippen LogP contribution >= 0.6 is 15.9 Å². The highest BCUT2D eigenvalue weighted by Gasteiger charge is 2.32. The molecule has 8 heteroatoms. The van der Waals surface area contributed by atoms with Crippen LogP contribution in [-0.4, -0.2) is 43.0 Å². The molecule has 3 rings (SSSR count). The summed E-state index contributed by atoms with van der Waals surface area (Å²) in [5.74, 6) is -1.21. The zero-order valence-corrected chi connectivity index (χ0v) is 18.2. The Morgan fingerprint density at radius 1 is 1.10 bits per heavy atom. The molecule has 0 aliphatic carbocycles. The topological polar surface area (TPSA) is 87.7 Å². The van der Waals surface area contributed by atoms with E-state index in [0.29, 0.717) is 37.2 Å². The van der Waals surface area contributed by atoms with Crippen LogP contribution in [0, 0.1) is 5.92 Å². The van der Waals surface area contributed by atoms with Crippen molar-refractivity contribution in [1.29, 1.82) is 0 Å². The number of hydrogen-bond donors (Lipinski definition) is 2. The Kier molecular flexibility index (Phi) is 7.46. The number of halogens is 1. The molecule has 2 N–H and O–H groups in total. The predicted octanol–water partition coefficient (Wildman–Crippen LogP) is 3.72. The Morgan fingerprint density at radius 3 is 2.47 bits per heavy atom. The van der Waals surface area contributed by atoms with Crippen LogP contribution in [0.4, 0.5) is 10.5 Å². The number of rotatable bonds is 5. The number of esters is 1. The quantitative estimate of drug-likeness (QED) is 0.647. The number of methoxy groups -OCH3 is 1. The molecule has 30 heavy (non-hydrogen) atoms. The van der Waals surface area contributed by atoms with Crippen molar-refractivity contribution in [2.24, 2.45) is 5.92 Å². The second-order valence-corrected chi connectivity index (χ2v) is 8.01. The Morgan fingerprint density at radius 2 is 1.80 bits per heavy atom. The number of hydrogen-bond acceptors (Lipinski definition) is 4. The van der Waals surface area contributed by atoms with Gasteiger partial charge in [-0.2, -0.15) is 0 Å². The van der Waals surface area contributed by atoms with Crippen LogP contribution < -0.4 is 10.6 Å². The predicted molar refractivity (Wildman–Crippen MR) is 117 cm³/mol. The summed E-state index contributed by atoms with van der Waals surface area (Å²) in [6.45, 7) is 0.869. The van der Waals surface area contributed by atoms with E-state index in [-0.39, 0.29) is 11.9 Å². The standard InChI is InChI=1S/C22H24BrN3O4/c1-30-21(28)19(15-9-11-17(23)12-10-15)25-20(27)16-6-5-13-26(14-16)22(29)24-18-7-3-2-4-8-18/h2-4,7-12,16,19H,5-6,13-14H2,1H3,(H,24,29)(H,25,27)/t16-,19+/m0/s1. The highest BCUT2D eigenvalue weighted by Crippen LogP contribution is 2.22. The molecule has 1 saturated heterocycles. The fourth-order valence-electron chi connectivity index (χ4n) is 3.41. The molecule has 1 aliphatic heterocycles. The number of para-hydroxylation sites is 1. The molecule has 0 unspecified atom stereocenters. The van der Waals surface area contributed by atoms with Gasteiger partial charge in [0.25, 0.3) is 0 Å². The monoisotopic (exact) mass is 473 g/mol. The lowest BCUT2D eigenvalue weighted by Gasteiger charge is -2.32. The highest BCUT2D eigenvalue weighted by molar-refractivity contribution is 9.10. The van der Waals surface area contributed by atoms with Gasteiger partial charge in [-0.05, 0) is 42.7 Å². The van der Waals surface area contributed by atoms with E-state index >= 15 is 0 Å². The first kappa shape index (κ1) is 21.8. The fraction of sp³-hybridized carbons (Fsp3) is 0.318. The second-order valence-electron chi connectivity index (χ2n) is 7.10. The van der Waals surface area contributed by atoms with Crippen molar-refractivity contribution in [2.75, 3.05) is 25.5 Å². The third-order valence-corrected chi connectivity index (χ3v) is 5.56. The van der Waals surface area contributed by atoms with Gasteiger partial charge in [0, 0.05) is 23.2 Å². The van der Waals surface area contributed by atoms with Gasteiger partial charge in [0.15, 0.2) is 6.04 Å². The molecule has 0 spiro atoms. The molecule has 2 atom stereocenters. The van der Waals surface area contributed by atoms with Crippen molar-refractivity contribution in [2.45, 2.75) is 18.9 Å². The summed E-state index contributed by atoms with van der Waals surface area (Å²) in [6, 6.07) is 15.2. The number of carbonyl (C=O) groups excluding carboxylic acids is 3. The van der Waals surface area contributed by atoms with Crippen molar-refractivity contribution < 1.29 is 19.1 Å². The first-order chi connectivity index (χ1) is 14.5. The van der Waals surface area contributed by atoms with Crippen molar-refractivity contribution in [3.8, 4) is 0 Å². The van der Waals surface area contributed by atoms with Gasteiger partial charge < -0.3 is 20.3 Å². The number of likely N-dealkylation sites (tertiary alicyclic amines) is 1. The zero-order valence-electron chi connectivity index (χ0n) is 16.6. The van der Waals surface area contributed by atoms with E-state index in [1.807, 2.05) is 30.3 Å². The van der Waals surface area contributed by atoms with Crippen LogP contribution in [0.5, 0.6) is 0 Å². The van der Waals surface area contributed by atoms with Gasteiger partial charge >= 0.3 is 12.0 Å². The van der Waals surface area contributed by atoms with E-state index < -0.39 is 17.9 Å². The van der Waals surface area contributed by atoms with Crippen molar-refractivity contribution in [3.63, 3.8) is 0 Å². The molecule has 0 aromatic heterocycles. The van der Waals surface area contributed by atoms with Gasteiger partial charge in [-0.25, -0.2) is 9.59 Å². The zero-order chi connectivity index (χ0) is 21.5. The number of anilines is 1. The first-order valence-corrected chi connectivity index (χ1v) is 10.5. The number of amides is 3. The van der Waals surface area contributed by atoms with Crippen molar-refractivity contribution in [3.05, 3.63) is 64.6 Å². The van der Waals surface area contributed by atoms with Gasteiger partial charge in [0.2, 0.25) is 5.91 Å². The van der Waals surface area contributed by atoms with E-state index in [2.05, 4.69) is 26.6 Å². The molecular formula is C22H24BrN3O4. The Labute approximate surface area is 183 Å². The van der Waals surface area contributed by atoms with E-state index in [1.165, 1.54) is 7.11 Å². The normalized spacial score (nSPS) is 17.0. The Bertz CT molecular complexity index is 889. The maximum Gasteiger partial charge on any atom is 0.333 e. The largest absolute Gasteiger partial charge is 0.467 e. The summed E-state index contributed by atoms with van der Waals surface area (Å²) in [4.78, 5) is 39.4. The molecule has 1 heterocycles. The third-order valence-electron chi connectivity index (χ3n) is 5.03. The van der Waals surface area contributed by atoms with Crippen molar-refractivity contribution in [1.82, 2.24) is 10.2 Å². The lowest BCUT2D eigenvalue weighted by Crippen LogP contribution is -2.48. The molecular weight excluding hydrogens is 450 g/mol. The molecule has 2 aromatic carbocycles. The molecule has 0 radical (unpaired) electrons. The molecule has 1 fully saturated rings. The number of benzene rings is 2. The molecule has 2 aromatic rings. The first-order valence-electron chi connectivity index (χ1n) is 9.72. The number of carbonyl (C=O) groups is 3. The van der Waals surface area contributed by atoms with Crippen LogP contribution in [0.25, 0.3) is 0 Å². The number of nitrogens with one attached hydrogen (secondary N) is 2. The molecule has 1 aliphatic rings. The lowest BCUT2D eigenvalue weighted by atomic mass is 9.96. The second kappa shape index (κ2) is 10.2. The maximum atomic E-state index is 12.9. The van der Waals surface area contributed by atoms with E-state index in [0.717, 1.165) is 4.47 Å². The summed E-state index contributed by atoms with van der Waals surface area (Å²) in [5, 5.41) is 5.64. The van der Waals surface area contributed by atoms with Crippen molar-refractivity contribution >= 4 is 39.5 Å². The number of ether oxygens (including phenoxy) is 1. The maximum absolute atomic E-state index is 12.9. The van der Waals surface area contributed by atoms with Crippen LogP contribution in [0.1, 0.15) is 24.4 Å². The Balaban J connectivity index is 1.65. The third kappa shape index (κ3) is 5.60. The number of urea groups is 1. The minimum Gasteiger partial charge on any atom is -0.467 e. The van der Waals surface area contributed by atoms with Crippen LogP contribution in [-0.2, 0) is 14.3 Å². The number of nitrogens with zero attached hydrogens (tertiary/aromatic N) is 1. The summed E-state index contributed by atoms with van der Waals surface area (Å²) >= 11 is 3.36. The van der Waals surface area contributed by atoms with Gasteiger partial charge in [-0.15, -0.1) is 0 Å². The lowest BCUT2D eigenvalue weighted by molar-refractivity contribution is -0.146. The van der Waals surface area contributed by atoms with Gasteiger partial charge in [-0.3, -0.25) is 4.79 Å². The SMILES string of the molecule is COC(=O)[C@H](NC(=O)[C@H]1CCCN(C(=O)Nc2ccccc2)C1)c1ccc(Br)cc1. The van der Waals surface area contributed by atoms with Gasteiger partial charge in [0.05, 0.1) is 13.0 Å². The molecule has 7 nitrogen and oxygen atoms in total. The van der Waals surface area contributed by atoms with E-state index in [4.69, 9.17) is 4.74 Å². The minimum atomic E-state index is -0.899. The fourth-order valence-corrected chi connectivity index (χ4v) is 3.68. The summed E-state index contributed by atoms with van der Waals surface area (Å²) in [6.07, 6.45) is 1.36. The van der Waals surface area contributed by atoms with Gasteiger partial charge in [0.1, 0.15) is 0 Å². The summed E-state index contributed by atoms with van der Waals surface area (Å²) in [7, 11) is 1.29. The van der Waals surface area contributed by atoms with Gasteiger partial charge in [-0.1, -0.05) is 46.3 Å². The Hall–Kier alpha value is -2.87. The van der Waals surface area contributed by atoms with E-state index in [9.17, 15) is 14.4 Å². The molecule has 3 amide bonds. The summed E-state index contributed by atoms with van der Waals surface area (Å²) < 4.78 is 5.74. The van der Waals surface area contributed by atoms with Crippen LogP contribution in [0.15, 0.2) is 59.1 Å². The molecule has 0 bridgehead atoms.